The average molecular weight is 426 g/mol. The summed E-state index contributed by atoms with van der Waals surface area (Å²) in [6, 6.07) is 10.9. The van der Waals surface area contributed by atoms with Gasteiger partial charge in [0.05, 0.1) is 29.8 Å². The zero-order chi connectivity index (χ0) is 20.7. The SMILES string of the molecule is CCOc1cc(/C=N\NC(=O)CN(c2ccccc2Cl)S(C)(=O)=O)ccc1O. The van der Waals surface area contributed by atoms with Crippen LogP contribution in [-0.2, 0) is 14.8 Å². The van der Waals surface area contributed by atoms with Crippen LogP contribution >= 0.6 is 11.6 Å². The molecule has 2 aromatic rings. The molecule has 2 rings (SSSR count). The van der Waals surface area contributed by atoms with E-state index in [1.807, 2.05) is 0 Å². The predicted octanol–water partition coefficient (Wildman–Crippen LogP) is 2.36. The number of hydrogen-bond acceptors (Lipinski definition) is 6. The van der Waals surface area contributed by atoms with Gasteiger partial charge in [-0.1, -0.05) is 23.7 Å². The fraction of sp³-hybridized carbons (Fsp3) is 0.222. The highest BCUT2D eigenvalue weighted by Crippen LogP contribution is 2.27. The first kappa shape index (κ1) is 21.5. The van der Waals surface area contributed by atoms with E-state index in [0.717, 1.165) is 10.6 Å². The lowest BCUT2D eigenvalue weighted by atomic mass is 10.2. The molecule has 0 unspecified atom stereocenters. The minimum absolute atomic E-state index is 0.00781. The fourth-order valence-electron chi connectivity index (χ4n) is 2.26. The van der Waals surface area contributed by atoms with Crippen LogP contribution < -0.4 is 14.5 Å². The molecule has 28 heavy (non-hydrogen) atoms. The van der Waals surface area contributed by atoms with E-state index in [1.54, 1.807) is 31.2 Å². The van der Waals surface area contributed by atoms with Crippen LogP contribution in [0.2, 0.25) is 5.02 Å². The number of amides is 1. The van der Waals surface area contributed by atoms with Crippen molar-refractivity contribution in [3.63, 3.8) is 0 Å². The van der Waals surface area contributed by atoms with Gasteiger partial charge >= 0.3 is 0 Å². The fourth-order valence-corrected chi connectivity index (χ4v) is 3.42. The van der Waals surface area contributed by atoms with Crippen LogP contribution in [-0.4, -0.2) is 45.1 Å². The molecule has 0 radical (unpaired) electrons. The predicted molar refractivity (Wildman–Crippen MR) is 109 cm³/mol. The molecule has 10 heteroatoms. The van der Waals surface area contributed by atoms with E-state index in [1.165, 1.54) is 24.4 Å². The Bertz CT molecular complexity index is 979. The normalized spacial score (nSPS) is 11.4. The van der Waals surface area contributed by atoms with Crippen LogP contribution in [0.5, 0.6) is 11.5 Å². The van der Waals surface area contributed by atoms with Crippen molar-refractivity contribution >= 4 is 39.4 Å². The molecule has 0 heterocycles. The van der Waals surface area contributed by atoms with Gasteiger partial charge in [0, 0.05) is 0 Å². The van der Waals surface area contributed by atoms with Crippen LogP contribution in [0.4, 0.5) is 5.69 Å². The van der Waals surface area contributed by atoms with Gasteiger partial charge in [-0.2, -0.15) is 5.10 Å². The number of nitrogens with one attached hydrogen (secondary N) is 1. The number of benzene rings is 2. The topological polar surface area (TPSA) is 108 Å². The van der Waals surface area contributed by atoms with Crippen molar-refractivity contribution in [2.24, 2.45) is 5.10 Å². The van der Waals surface area contributed by atoms with E-state index in [-0.39, 0.29) is 16.5 Å². The Morgan fingerprint density at radius 2 is 2.04 bits per heavy atom. The van der Waals surface area contributed by atoms with Crippen molar-refractivity contribution in [2.75, 3.05) is 23.7 Å². The number of rotatable bonds is 8. The van der Waals surface area contributed by atoms with Gasteiger partial charge < -0.3 is 9.84 Å². The zero-order valence-corrected chi connectivity index (χ0v) is 16.9. The van der Waals surface area contributed by atoms with Crippen molar-refractivity contribution in [3.05, 3.63) is 53.1 Å². The number of phenolic OH excluding ortho intramolecular Hbond substituents is 1. The molecule has 2 N–H and O–H groups in total. The molecule has 0 fully saturated rings. The highest BCUT2D eigenvalue weighted by molar-refractivity contribution is 7.92. The molecular weight excluding hydrogens is 406 g/mol. The largest absolute Gasteiger partial charge is 0.504 e. The van der Waals surface area contributed by atoms with Crippen molar-refractivity contribution in [3.8, 4) is 11.5 Å². The molecular formula is C18H20ClN3O5S. The van der Waals surface area contributed by atoms with E-state index >= 15 is 0 Å². The zero-order valence-electron chi connectivity index (χ0n) is 15.3. The van der Waals surface area contributed by atoms with E-state index in [9.17, 15) is 18.3 Å². The second-order valence-electron chi connectivity index (χ2n) is 5.67. The second kappa shape index (κ2) is 9.43. The number of hydrogen-bond donors (Lipinski definition) is 2. The molecule has 0 saturated carbocycles. The summed E-state index contributed by atoms with van der Waals surface area (Å²) < 4.78 is 30.3. The summed E-state index contributed by atoms with van der Waals surface area (Å²) in [6.45, 7) is 1.68. The molecule has 0 aromatic heterocycles. The van der Waals surface area contributed by atoms with Gasteiger partial charge in [-0.15, -0.1) is 0 Å². The lowest BCUT2D eigenvalue weighted by Crippen LogP contribution is -2.39. The Labute approximate surface area is 168 Å². The summed E-state index contributed by atoms with van der Waals surface area (Å²) in [5.74, 6) is -0.364. The molecule has 0 aliphatic carbocycles. The molecule has 0 spiro atoms. The molecule has 0 aliphatic heterocycles. The van der Waals surface area contributed by atoms with Crippen molar-refractivity contribution in [2.45, 2.75) is 6.92 Å². The highest BCUT2D eigenvalue weighted by Gasteiger charge is 2.22. The first-order valence-electron chi connectivity index (χ1n) is 8.22. The summed E-state index contributed by atoms with van der Waals surface area (Å²) in [4.78, 5) is 12.2. The van der Waals surface area contributed by atoms with Gasteiger partial charge in [0.15, 0.2) is 11.5 Å². The van der Waals surface area contributed by atoms with E-state index in [2.05, 4.69) is 10.5 Å². The molecule has 8 nitrogen and oxygen atoms in total. The lowest BCUT2D eigenvalue weighted by molar-refractivity contribution is -0.119. The Balaban J connectivity index is 2.09. The standard InChI is InChI=1S/C18H20ClN3O5S/c1-3-27-17-10-13(8-9-16(17)23)11-20-21-18(24)12-22(28(2,25)26)15-7-5-4-6-14(15)19/h4-11,23H,3,12H2,1-2H3,(H,21,24)/b20-11-. The number of sulfonamides is 1. The van der Waals surface area contributed by atoms with Crippen LogP contribution in [0.1, 0.15) is 12.5 Å². The van der Waals surface area contributed by atoms with E-state index < -0.39 is 22.5 Å². The van der Waals surface area contributed by atoms with Crippen molar-refractivity contribution in [1.29, 1.82) is 0 Å². The molecule has 0 aliphatic rings. The average Bonchev–Trinajstić information content (AvgIpc) is 2.62. The number of nitrogens with zero attached hydrogens (tertiary/aromatic N) is 2. The van der Waals surface area contributed by atoms with Crippen LogP contribution in [0.15, 0.2) is 47.6 Å². The minimum atomic E-state index is -3.74. The van der Waals surface area contributed by atoms with Gasteiger partial charge in [-0.05, 0) is 42.8 Å². The van der Waals surface area contributed by atoms with E-state index in [4.69, 9.17) is 16.3 Å². The summed E-state index contributed by atoms with van der Waals surface area (Å²) in [5, 5.41) is 13.7. The van der Waals surface area contributed by atoms with Gasteiger partial charge in [0.1, 0.15) is 6.54 Å². The number of carbonyl (C=O) groups excluding carboxylic acids is 1. The first-order chi connectivity index (χ1) is 13.2. The van der Waals surface area contributed by atoms with E-state index in [0.29, 0.717) is 17.9 Å². The number of carbonyl (C=O) groups is 1. The lowest BCUT2D eigenvalue weighted by Gasteiger charge is -2.22. The maximum atomic E-state index is 12.2. The molecule has 150 valence electrons. The Kier molecular flexibility index (Phi) is 7.24. The molecule has 0 atom stereocenters. The quantitative estimate of drug-likeness (QED) is 0.498. The summed E-state index contributed by atoms with van der Waals surface area (Å²) >= 11 is 6.05. The molecule has 0 saturated heterocycles. The maximum absolute atomic E-state index is 12.2. The number of halogens is 1. The Hall–Kier alpha value is -2.78. The number of anilines is 1. The number of phenols is 1. The number of para-hydroxylation sites is 1. The third-order valence-electron chi connectivity index (χ3n) is 3.50. The van der Waals surface area contributed by atoms with Gasteiger partial charge in [0.25, 0.3) is 5.91 Å². The van der Waals surface area contributed by atoms with Crippen molar-refractivity contribution in [1.82, 2.24) is 5.43 Å². The maximum Gasteiger partial charge on any atom is 0.260 e. The smallest absolute Gasteiger partial charge is 0.260 e. The molecule has 2 aromatic carbocycles. The minimum Gasteiger partial charge on any atom is -0.504 e. The van der Waals surface area contributed by atoms with Gasteiger partial charge in [0.2, 0.25) is 10.0 Å². The molecule has 0 bridgehead atoms. The van der Waals surface area contributed by atoms with Crippen molar-refractivity contribution < 1.29 is 23.1 Å². The number of hydrazone groups is 1. The summed E-state index contributed by atoms with van der Waals surface area (Å²) in [6.07, 6.45) is 2.33. The van der Waals surface area contributed by atoms with Crippen LogP contribution in [0, 0.1) is 0 Å². The number of ether oxygens (including phenoxy) is 1. The second-order valence-corrected chi connectivity index (χ2v) is 7.99. The van der Waals surface area contributed by atoms with Gasteiger partial charge in [-0.25, -0.2) is 13.8 Å². The first-order valence-corrected chi connectivity index (χ1v) is 10.4. The monoisotopic (exact) mass is 425 g/mol. The Morgan fingerprint density at radius 3 is 2.68 bits per heavy atom. The third kappa shape index (κ3) is 5.86. The third-order valence-corrected chi connectivity index (χ3v) is 4.94. The van der Waals surface area contributed by atoms with Gasteiger partial charge in [-0.3, -0.25) is 9.10 Å². The Morgan fingerprint density at radius 1 is 1.32 bits per heavy atom. The summed E-state index contributed by atoms with van der Waals surface area (Å²) in [5.41, 5.74) is 3.04. The van der Waals surface area contributed by atoms with Crippen LogP contribution in [0.3, 0.4) is 0 Å². The van der Waals surface area contributed by atoms with Crippen LogP contribution in [0.25, 0.3) is 0 Å². The summed E-state index contributed by atoms with van der Waals surface area (Å²) in [7, 11) is -3.74. The number of aromatic hydroxyl groups is 1. The molecule has 1 amide bonds. The highest BCUT2D eigenvalue weighted by atomic mass is 35.5.